The zero-order valence-corrected chi connectivity index (χ0v) is 15.2. The van der Waals surface area contributed by atoms with E-state index in [-0.39, 0.29) is 0 Å². The third-order valence-corrected chi connectivity index (χ3v) is 5.60. The number of aromatic nitrogens is 2. The van der Waals surface area contributed by atoms with E-state index in [2.05, 4.69) is 40.5 Å². The molecule has 3 heterocycles. The van der Waals surface area contributed by atoms with Gasteiger partial charge in [0.05, 0.1) is 22.5 Å². The van der Waals surface area contributed by atoms with Crippen molar-refractivity contribution in [2.45, 2.75) is 20.0 Å². The molecule has 4 rings (SSSR count). The SMILES string of the molecule is Cc1ccc(-c2nc(CN(C)Cc3nc4ccccc4s3)cs2)o1. The molecule has 0 saturated heterocycles. The average molecular weight is 355 g/mol. The maximum absolute atomic E-state index is 5.64. The summed E-state index contributed by atoms with van der Waals surface area (Å²) < 4.78 is 6.88. The molecule has 0 unspecified atom stereocenters. The molecular formula is C18H17N3OS2. The van der Waals surface area contributed by atoms with Gasteiger partial charge >= 0.3 is 0 Å². The number of aryl methyl sites for hydroxylation is 1. The van der Waals surface area contributed by atoms with Gasteiger partial charge in [-0.1, -0.05) is 12.1 Å². The van der Waals surface area contributed by atoms with Crippen LogP contribution in [0.4, 0.5) is 0 Å². The fourth-order valence-electron chi connectivity index (χ4n) is 2.59. The Kier molecular flexibility index (Phi) is 4.18. The van der Waals surface area contributed by atoms with E-state index in [0.29, 0.717) is 0 Å². The lowest BCUT2D eigenvalue weighted by Gasteiger charge is -2.12. The number of para-hydroxylation sites is 1. The van der Waals surface area contributed by atoms with Crippen molar-refractivity contribution >= 4 is 32.9 Å². The van der Waals surface area contributed by atoms with Gasteiger partial charge in [0, 0.05) is 11.9 Å². The van der Waals surface area contributed by atoms with E-state index in [1.165, 1.54) is 4.70 Å². The molecular weight excluding hydrogens is 338 g/mol. The van der Waals surface area contributed by atoms with Crippen LogP contribution in [0.25, 0.3) is 21.0 Å². The lowest BCUT2D eigenvalue weighted by atomic mass is 10.3. The van der Waals surface area contributed by atoms with E-state index >= 15 is 0 Å². The summed E-state index contributed by atoms with van der Waals surface area (Å²) in [7, 11) is 2.10. The van der Waals surface area contributed by atoms with Crippen molar-refractivity contribution in [1.29, 1.82) is 0 Å². The first kappa shape index (κ1) is 15.5. The van der Waals surface area contributed by atoms with E-state index in [0.717, 1.165) is 45.8 Å². The second-order valence-electron chi connectivity index (χ2n) is 5.80. The predicted molar refractivity (Wildman–Crippen MR) is 99.3 cm³/mol. The molecule has 6 heteroatoms. The number of fused-ring (bicyclic) bond motifs is 1. The van der Waals surface area contributed by atoms with Crippen LogP contribution in [0.1, 0.15) is 16.5 Å². The Labute approximate surface area is 148 Å². The third kappa shape index (κ3) is 3.26. The standard InChI is InChI=1S/C18H17N3OS2/c1-12-7-8-15(22-12)18-19-13(11-23-18)9-21(2)10-17-20-14-5-3-4-6-16(14)24-17/h3-8,11H,9-10H2,1-2H3. The summed E-state index contributed by atoms with van der Waals surface area (Å²) in [6.45, 7) is 3.57. The van der Waals surface area contributed by atoms with Gasteiger partial charge in [0.2, 0.25) is 0 Å². The van der Waals surface area contributed by atoms with Crippen LogP contribution in [0.2, 0.25) is 0 Å². The summed E-state index contributed by atoms with van der Waals surface area (Å²) in [4.78, 5) is 11.6. The molecule has 0 fully saturated rings. The first-order chi connectivity index (χ1) is 11.7. The molecule has 3 aromatic heterocycles. The topological polar surface area (TPSA) is 42.2 Å². The summed E-state index contributed by atoms with van der Waals surface area (Å²) in [5, 5.41) is 4.17. The zero-order chi connectivity index (χ0) is 16.5. The minimum atomic E-state index is 0.798. The average Bonchev–Trinajstić information content (AvgIpc) is 3.25. The summed E-state index contributed by atoms with van der Waals surface area (Å²) in [6.07, 6.45) is 0. The van der Waals surface area contributed by atoms with Crippen LogP contribution in [0.3, 0.4) is 0 Å². The van der Waals surface area contributed by atoms with Gasteiger partial charge in [-0.05, 0) is 38.2 Å². The molecule has 0 N–H and O–H groups in total. The Morgan fingerprint density at radius 1 is 1.08 bits per heavy atom. The molecule has 122 valence electrons. The summed E-state index contributed by atoms with van der Waals surface area (Å²) >= 11 is 3.38. The van der Waals surface area contributed by atoms with Gasteiger partial charge in [-0.2, -0.15) is 0 Å². The maximum Gasteiger partial charge on any atom is 0.162 e. The minimum Gasteiger partial charge on any atom is -0.459 e. The molecule has 0 atom stereocenters. The molecule has 0 amide bonds. The Balaban J connectivity index is 1.44. The highest BCUT2D eigenvalue weighted by Gasteiger charge is 2.11. The van der Waals surface area contributed by atoms with E-state index in [4.69, 9.17) is 9.40 Å². The lowest BCUT2D eigenvalue weighted by molar-refractivity contribution is 0.315. The van der Waals surface area contributed by atoms with Crippen LogP contribution in [0.5, 0.6) is 0 Å². The van der Waals surface area contributed by atoms with E-state index < -0.39 is 0 Å². The van der Waals surface area contributed by atoms with Crippen molar-refractivity contribution < 1.29 is 4.42 Å². The Bertz CT molecular complexity index is 936. The van der Waals surface area contributed by atoms with Gasteiger partial charge in [0.1, 0.15) is 10.8 Å². The van der Waals surface area contributed by atoms with E-state index in [1.54, 1.807) is 22.7 Å². The first-order valence-corrected chi connectivity index (χ1v) is 9.41. The van der Waals surface area contributed by atoms with Crippen LogP contribution in [-0.2, 0) is 13.1 Å². The van der Waals surface area contributed by atoms with Crippen LogP contribution in [0, 0.1) is 6.92 Å². The monoisotopic (exact) mass is 355 g/mol. The maximum atomic E-state index is 5.64. The number of nitrogens with zero attached hydrogens (tertiary/aromatic N) is 3. The van der Waals surface area contributed by atoms with Gasteiger partial charge in [-0.25, -0.2) is 9.97 Å². The molecule has 1 aromatic carbocycles. The van der Waals surface area contributed by atoms with Gasteiger partial charge in [0.15, 0.2) is 10.8 Å². The lowest BCUT2D eigenvalue weighted by Crippen LogP contribution is -2.17. The molecule has 0 aliphatic carbocycles. The second kappa shape index (κ2) is 6.47. The van der Waals surface area contributed by atoms with Crippen LogP contribution < -0.4 is 0 Å². The fourth-order valence-corrected chi connectivity index (χ4v) is 4.41. The van der Waals surface area contributed by atoms with Gasteiger partial charge in [0.25, 0.3) is 0 Å². The normalized spacial score (nSPS) is 11.6. The van der Waals surface area contributed by atoms with Crippen molar-refractivity contribution in [3.63, 3.8) is 0 Å². The van der Waals surface area contributed by atoms with Crippen molar-refractivity contribution in [3.8, 4) is 10.8 Å². The second-order valence-corrected chi connectivity index (χ2v) is 7.78. The Morgan fingerprint density at radius 2 is 1.96 bits per heavy atom. The third-order valence-electron chi connectivity index (χ3n) is 3.68. The highest BCUT2D eigenvalue weighted by Crippen LogP contribution is 2.26. The summed E-state index contributed by atoms with van der Waals surface area (Å²) in [5.41, 5.74) is 2.14. The fraction of sp³-hybridized carbons (Fsp3) is 0.222. The Morgan fingerprint density at radius 3 is 2.75 bits per heavy atom. The molecule has 0 spiro atoms. The molecule has 0 aliphatic heterocycles. The van der Waals surface area contributed by atoms with Crippen LogP contribution in [0.15, 0.2) is 46.2 Å². The number of benzene rings is 1. The largest absolute Gasteiger partial charge is 0.459 e. The highest BCUT2D eigenvalue weighted by molar-refractivity contribution is 7.18. The zero-order valence-electron chi connectivity index (χ0n) is 13.5. The summed E-state index contributed by atoms with van der Waals surface area (Å²) in [5.74, 6) is 1.76. The van der Waals surface area contributed by atoms with Crippen LogP contribution in [-0.4, -0.2) is 21.9 Å². The molecule has 0 radical (unpaired) electrons. The summed E-state index contributed by atoms with van der Waals surface area (Å²) in [6, 6.07) is 12.2. The van der Waals surface area contributed by atoms with Gasteiger partial charge in [-0.15, -0.1) is 22.7 Å². The first-order valence-electron chi connectivity index (χ1n) is 7.71. The van der Waals surface area contributed by atoms with E-state index in [9.17, 15) is 0 Å². The van der Waals surface area contributed by atoms with Crippen LogP contribution >= 0.6 is 22.7 Å². The number of furan rings is 1. The highest BCUT2D eigenvalue weighted by atomic mass is 32.1. The molecule has 4 nitrogen and oxygen atoms in total. The number of hydrogen-bond donors (Lipinski definition) is 0. The van der Waals surface area contributed by atoms with Crippen molar-refractivity contribution in [3.05, 3.63) is 58.2 Å². The van der Waals surface area contributed by atoms with Gasteiger partial charge < -0.3 is 4.42 Å². The Hall–Kier alpha value is -2.02. The molecule has 24 heavy (non-hydrogen) atoms. The van der Waals surface area contributed by atoms with Gasteiger partial charge in [-0.3, -0.25) is 4.90 Å². The predicted octanol–water partition coefficient (Wildman–Crippen LogP) is 4.95. The van der Waals surface area contributed by atoms with Crippen molar-refractivity contribution in [2.75, 3.05) is 7.05 Å². The quantitative estimate of drug-likeness (QED) is 0.508. The number of rotatable bonds is 5. The molecule has 0 aliphatic rings. The number of hydrogen-bond acceptors (Lipinski definition) is 6. The van der Waals surface area contributed by atoms with Crippen molar-refractivity contribution in [1.82, 2.24) is 14.9 Å². The number of thiazole rings is 2. The molecule has 0 bridgehead atoms. The van der Waals surface area contributed by atoms with E-state index in [1.807, 2.05) is 25.1 Å². The molecule has 0 saturated carbocycles. The van der Waals surface area contributed by atoms with Crippen molar-refractivity contribution in [2.24, 2.45) is 0 Å². The minimum absolute atomic E-state index is 0.798. The molecule has 4 aromatic rings. The smallest absolute Gasteiger partial charge is 0.162 e.